The van der Waals surface area contributed by atoms with Gasteiger partial charge < -0.3 is 25.3 Å². The van der Waals surface area contributed by atoms with Gasteiger partial charge in [-0.2, -0.15) is 0 Å². The van der Waals surface area contributed by atoms with Crippen molar-refractivity contribution in [2.24, 2.45) is 0 Å². The lowest BCUT2D eigenvalue weighted by Gasteiger charge is -2.25. The van der Waals surface area contributed by atoms with Crippen LogP contribution in [0.15, 0.2) is 28.8 Å². The van der Waals surface area contributed by atoms with Crippen LogP contribution in [0.5, 0.6) is 0 Å². The molecule has 8 nitrogen and oxygen atoms in total. The van der Waals surface area contributed by atoms with E-state index in [1.54, 1.807) is 6.07 Å². The quantitative estimate of drug-likeness (QED) is 0.776. The van der Waals surface area contributed by atoms with Crippen LogP contribution < -0.4 is 20.9 Å². The summed E-state index contributed by atoms with van der Waals surface area (Å²) in [5, 5.41) is 8.86. The first kappa shape index (κ1) is 15.6. The van der Waals surface area contributed by atoms with Crippen molar-refractivity contribution in [3.63, 3.8) is 0 Å². The van der Waals surface area contributed by atoms with Crippen LogP contribution in [-0.4, -0.2) is 43.0 Å². The number of hydrogen-bond acceptors (Lipinski definition) is 6. The van der Waals surface area contributed by atoms with Crippen LogP contribution in [0.4, 0.5) is 17.4 Å². The van der Waals surface area contributed by atoms with E-state index in [1.807, 2.05) is 17.0 Å². The van der Waals surface area contributed by atoms with Gasteiger partial charge in [0.25, 0.3) is 11.9 Å². The molecular formula is C17H19N5O3. The topological polar surface area (TPSA) is 99.5 Å². The number of amides is 2. The summed E-state index contributed by atoms with van der Waals surface area (Å²) in [7, 11) is 0. The molecule has 130 valence electrons. The molecule has 3 heterocycles. The van der Waals surface area contributed by atoms with Crippen molar-refractivity contribution >= 4 is 29.2 Å². The molecule has 8 heteroatoms. The Hall–Kier alpha value is -2.87. The summed E-state index contributed by atoms with van der Waals surface area (Å²) in [6, 6.07) is 5.96. The maximum absolute atomic E-state index is 12.4. The highest BCUT2D eigenvalue weighted by molar-refractivity contribution is 6.03. The van der Waals surface area contributed by atoms with Crippen molar-refractivity contribution in [1.82, 2.24) is 10.3 Å². The average molecular weight is 341 g/mol. The number of aryl methyl sites for hydroxylation is 1. The zero-order chi connectivity index (χ0) is 17.2. The third-order valence-electron chi connectivity index (χ3n) is 4.37. The summed E-state index contributed by atoms with van der Waals surface area (Å²) in [6.45, 7) is 3.33. The normalized spacial score (nSPS) is 17.0. The standard InChI is InChI=1S/C17H19N5O3/c23-15-4-2-11-1-3-12(9-13(11)21-15)20-16(24)14-10-19-17(25-14)22-7-5-18-6-8-22/h1,3,9-10,18H,2,4-8H2,(H,20,24)(H,21,23). The second-order valence-corrected chi connectivity index (χ2v) is 6.12. The van der Waals surface area contributed by atoms with E-state index in [0.29, 0.717) is 24.5 Å². The van der Waals surface area contributed by atoms with Crippen LogP contribution in [0.2, 0.25) is 0 Å². The molecule has 0 spiro atoms. The predicted octanol–water partition coefficient (Wildman–Crippen LogP) is 1.22. The van der Waals surface area contributed by atoms with Gasteiger partial charge >= 0.3 is 0 Å². The molecule has 1 saturated heterocycles. The minimum Gasteiger partial charge on any atom is -0.418 e. The Morgan fingerprint density at radius 3 is 2.92 bits per heavy atom. The molecular weight excluding hydrogens is 322 g/mol. The van der Waals surface area contributed by atoms with Crippen LogP contribution >= 0.6 is 0 Å². The monoisotopic (exact) mass is 341 g/mol. The molecule has 1 aromatic carbocycles. The molecule has 0 radical (unpaired) electrons. The molecule has 0 unspecified atom stereocenters. The van der Waals surface area contributed by atoms with Crippen molar-refractivity contribution in [3.05, 3.63) is 35.7 Å². The number of nitrogens with one attached hydrogen (secondary N) is 3. The van der Waals surface area contributed by atoms with Crippen molar-refractivity contribution in [3.8, 4) is 0 Å². The van der Waals surface area contributed by atoms with E-state index in [0.717, 1.165) is 37.4 Å². The molecule has 1 aromatic heterocycles. The number of hydrogen-bond donors (Lipinski definition) is 3. The van der Waals surface area contributed by atoms with Gasteiger partial charge in [0.2, 0.25) is 11.7 Å². The van der Waals surface area contributed by atoms with E-state index in [1.165, 1.54) is 6.20 Å². The zero-order valence-electron chi connectivity index (χ0n) is 13.7. The molecule has 0 atom stereocenters. The van der Waals surface area contributed by atoms with Gasteiger partial charge in [0.15, 0.2) is 0 Å². The molecule has 2 aliphatic rings. The molecule has 2 aliphatic heterocycles. The van der Waals surface area contributed by atoms with Crippen LogP contribution in [0.3, 0.4) is 0 Å². The third-order valence-corrected chi connectivity index (χ3v) is 4.37. The molecule has 0 bridgehead atoms. The molecule has 2 amide bonds. The van der Waals surface area contributed by atoms with Crippen molar-refractivity contribution in [2.45, 2.75) is 12.8 Å². The first-order chi connectivity index (χ1) is 12.2. The summed E-state index contributed by atoms with van der Waals surface area (Å²) >= 11 is 0. The van der Waals surface area contributed by atoms with Gasteiger partial charge in [-0.25, -0.2) is 4.98 Å². The molecule has 3 N–H and O–H groups in total. The lowest BCUT2D eigenvalue weighted by molar-refractivity contribution is -0.116. The number of rotatable bonds is 3. The summed E-state index contributed by atoms with van der Waals surface area (Å²) in [4.78, 5) is 30.1. The maximum atomic E-state index is 12.4. The Kier molecular flexibility index (Phi) is 4.10. The Bertz CT molecular complexity index is 810. The molecule has 1 fully saturated rings. The van der Waals surface area contributed by atoms with Gasteiger partial charge in [0, 0.05) is 44.0 Å². The van der Waals surface area contributed by atoms with Crippen LogP contribution in [0.25, 0.3) is 0 Å². The van der Waals surface area contributed by atoms with Gasteiger partial charge in [0.1, 0.15) is 0 Å². The van der Waals surface area contributed by atoms with Crippen LogP contribution in [0, 0.1) is 0 Å². The molecule has 0 aliphatic carbocycles. The third kappa shape index (κ3) is 3.34. The SMILES string of the molecule is O=C1CCc2ccc(NC(=O)c3cnc(N4CCNCC4)o3)cc2N1. The van der Waals surface area contributed by atoms with E-state index < -0.39 is 0 Å². The first-order valence-electron chi connectivity index (χ1n) is 8.35. The summed E-state index contributed by atoms with van der Waals surface area (Å²) < 4.78 is 5.59. The van der Waals surface area contributed by atoms with E-state index in [9.17, 15) is 9.59 Å². The highest BCUT2D eigenvalue weighted by atomic mass is 16.4. The lowest BCUT2D eigenvalue weighted by Crippen LogP contribution is -2.43. The van der Waals surface area contributed by atoms with Crippen molar-refractivity contribution in [2.75, 3.05) is 41.7 Å². The number of carbonyl (C=O) groups is 2. The number of fused-ring (bicyclic) bond motifs is 1. The predicted molar refractivity (Wildman–Crippen MR) is 92.9 cm³/mol. The molecule has 0 saturated carbocycles. The van der Waals surface area contributed by atoms with E-state index in [4.69, 9.17) is 4.42 Å². The Morgan fingerprint density at radius 1 is 1.24 bits per heavy atom. The maximum Gasteiger partial charge on any atom is 0.298 e. The van der Waals surface area contributed by atoms with Gasteiger partial charge in [-0.3, -0.25) is 9.59 Å². The number of aromatic nitrogens is 1. The van der Waals surface area contributed by atoms with Crippen LogP contribution in [-0.2, 0) is 11.2 Å². The fourth-order valence-electron chi connectivity index (χ4n) is 3.01. The van der Waals surface area contributed by atoms with Crippen molar-refractivity contribution < 1.29 is 14.0 Å². The molecule has 4 rings (SSSR count). The van der Waals surface area contributed by atoms with Gasteiger partial charge in [-0.1, -0.05) is 6.07 Å². The fraction of sp³-hybridized carbons (Fsp3) is 0.353. The minimum atomic E-state index is -0.365. The second kappa shape index (κ2) is 6.56. The highest BCUT2D eigenvalue weighted by Gasteiger charge is 2.20. The number of nitrogens with zero attached hydrogens (tertiary/aromatic N) is 2. The molecule has 2 aromatic rings. The summed E-state index contributed by atoms with van der Waals surface area (Å²) in [6.07, 6.45) is 2.64. The number of piperazine rings is 1. The lowest BCUT2D eigenvalue weighted by atomic mass is 10.0. The van der Waals surface area contributed by atoms with E-state index >= 15 is 0 Å². The largest absolute Gasteiger partial charge is 0.418 e. The number of carbonyl (C=O) groups excluding carboxylic acids is 2. The smallest absolute Gasteiger partial charge is 0.298 e. The van der Waals surface area contributed by atoms with E-state index in [2.05, 4.69) is 20.9 Å². The highest BCUT2D eigenvalue weighted by Crippen LogP contribution is 2.26. The zero-order valence-corrected chi connectivity index (χ0v) is 13.7. The second-order valence-electron chi connectivity index (χ2n) is 6.12. The van der Waals surface area contributed by atoms with Crippen LogP contribution in [0.1, 0.15) is 22.5 Å². The Balaban J connectivity index is 1.46. The van der Waals surface area contributed by atoms with Crippen molar-refractivity contribution in [1.29, 1.82) is 0 Å². The summed E-state index contributed by atoms with van der Waals surface area (Å²) in [5.74, 6) is -0.210. The fourth-order valence-corrected chi connectivity index (χ4v) is 3.01. The number of benzene rings is 1. The number of anilines is 3. The van der Waals surface area contributed by atoms with Gasteiger partial charge in [-0.15, -0.1) is 0 Å². The Morgan fingerprint density at radius 2 is 2.08 bits per heavy atom. The minimum absolute atomic E-state index is 0.00752. The molecule has 25 heavy (non-hydrogen) atoms. The van der Waals surface area contributed by atoms with E-state index in [-0.39, 0.29) is 17.6 Å². The van der Waals surface area contributed by atoms with Gasteiger partial charge in [0.05, 0.1) is 6.20 Å². The van der Waals surface area contributed by atoms with Gasteiger partial charge in [-0.05, 0) is 24.1 Å². The number of oxazole rings is 1. The average Bonchev–Trinajstić information content (AvgIpc) is 3.12. The summed E-state index contributed by atoms with van der Waals surface area (Å²) in [5.41, 5.74) is 2.41. The Labute approximate surface area is 144 Å². The first-order valence-corrected chi connectivity index (χ1v) is 8.35.